The minimum absolute atomic E-state index is 0.0847. The number of hydrogen-bond donors (Lipinski definition) is 0. The third-order valence-electron chi connectivity index (χ3n) is 1.10. The molecule has 1 rings (SSSR count). The number of rotatable bonds is 2. The summed E-state index contributed by atoms with van der Waals surface area (Å²) < 4.78 is 5.10. The van der Waals surface area contributed by atoms with Crippen LogP contribution in [0.4, 0.5) is 0 Å². The molecule has 9 heavy (non-hydrogen) atoms. The zero-order chi connectivity index (χ0) is 6.69. The predicted octanol–water partition coefficient (Wildman–Crippen LogP) is 1.73. The zero-order valence-corrected chi connectivity index (χ0v) is 5.79. The van der Waals surface area contributed by atoms with E-state index in [1.54, 1.807) is 0 Å². The Balaban J connectivity index is 2.31. The van der Waals surface area contributed by atoms with Gasteiger partial charge in [0.05, 0.1) is 0 Å². The lowest BCUT2D eigenvalue weighted by Crippen LogP contribution is -2.22. The highest BCUT2D eigenvalue weighted by atomic mass is 16.5. The van der Waals surface area contributed by atoms with E-state index in [1.807, 2.05) is 19.1 Å². The van der Waals surface area contributed by atoms with Gasteiger partial charge in [0.2, 0.25) is 5.90 Å². The first-order valence-electron chi connectivity index (χ1n) is 3.24. The van der Waals surface area contributed by atoms with Crippen molar-refractivity contribution in [3.63, 3.8) is 0 Å². The summed E-state index contributed by atoms with van der Waals surface area (Å²) in [5, 5.41) is 0. The molecule has 0 aromatic heterocycles. The van der Waals surface area contributed by atoms with Crippen LogP contribution in [0.25, 0.3) is 0 Å². The van der Waals surface area contributed by atoms with Crippen LogP contribution in [0.1, 0.15) is 20.3 Å². The molecule has 2 nitrogen and oxygen atoms in total. The smallest absolute Gasteiger partial charge is 0.213 e. The maximum absolute atomic E-state index is 5.10. The quantitative estimate of drug-likeness (QED) is 0.550. The molecule has 1 aliphatic heterocycles. The van der Waals surface area contributed by atoms with Gasteiger partial charge in [-0.3, -0.25) is 0 Å². The molecular formula is C7H11NO. The van der Waals surface area contributed by atoms with E-state index in [1.165, 1.54) is 0 Å². The minimum Gasteiger partial charge on any atom is -0.452 e. The van der Waals surface area contributed by atoms with Gasteiger partial charge in [-0.1, -0.05) is 13.0 Å². The van der Waals surface area contributed by atoms with Crippen LogP contribution in [0.15, 0.2) is 17.1 Å². The number of nitrogens with zero attached hydrogens (tertiary/aromatic N) is 1. The fourth-order valence-corrected chi connectivity index (χ4v) is 0.663. The zero-order valence-electron chi connectivity index (χ0n) is 5.79. The van der Waals surface area contributed by atoms with Gasteiger partial charge in [0.1, 0.15) is 0 Å². The topological polar surface area (TPSA) is 21.6 Å². The summed E-state index contributed by atoms with van der Waals surface area (Å²) in [4.78, 5) is 4.07. The average Bonchev–Trinajstić information content (AvgIpc) is 1.78. The molecule has 0 amide bonds. The van der Waals surface area contributed by atoms with Gasteiger partial charge in [-0.2, -0.15) is 0 Å². The predicted molar refractivity (Wildman–Crippen MR) is 37.4 cm³/mol. The second kappa shape index (κ2) is 2.67. The van der Waals surface area contributed by atoms with Gasteiger partial charge in [-0.25, -0.2) is 4.99 Å². The van der Waals surface area contributed by atoms with E-state index in [0.29, 0.717) is 0 Å². The number of ether oxygens (including phenoxy) is 1. The molecule has 2 heteroatoms. The fourth-order valence-electron chi connectivity index (χ4n) is 0.663. The molecule has 0 N–H and O–H groups in total. The van der Waals surface area contributed by atoms with Gasteiger partial charge < -0.3 is 4.74 Å². The molecule has 1 atom stereocenters. The monoisotopic (exact) mass is 125 g/mol. The van der Waals surface area contributed by atoms with Crippen molar-refractivity contribution in [3.05, 3.63) is 12.2 Å². The largest absolute Gasteiger partial charge is 0.452 e. The van der Waals surface area contributed by atoms with Crippen LogP contribution in [0, 0.1) is 0 Å². The van der Waals surface area contributed by atoms with E-state index in [9.17, 15) is 0 Å². The van der Waals surface area contributed by atoms with Crippen molar-refractivity contribution in [2.75, 3.05) is 0 Å². The standard InChI is InChI=1S/C7H11NO/c1-3-4-5-7-8-6(2)9-7/h4-6H,3H2,1-2H3/b5-4+. The molecule has 50 valence electrons. The van der Waals surface area contributed by atoms with Gasteiger partial charge in [-0.15, -0.1) is 0 Å². The van der Waals surface area contributed by atoms with Crippen LogP contribution >= 0.6 is 0 Å². The van der Waals surface area contributed by atoms with Crippen molar-refractivity contribution in [2.45, 2.75) is 26.5 Å². The first kappa shape index (κ1) is 6.33. The van der Waals surface area contributed by atoms with E-state index in [2.05, 4.69) is 11.9 Å². The molecular weight excluding hydrogens is 114 g/mol. The van der Waals surface area contributed by atoms with Crippen LogP contribution in [-0.4, -0.2) is 12.1 Å². The molecule has 0 saturated carbocycles. The third-order valence-corrected chi connectivity index (χ3v) is 1.10. The van der Waals surface area contributed by atoms with Crippen LogP contribution in [-0.2, 0) is 4.74 Å². The van der Waals surface area contributed by atoms with Gasteiger partial charge in [-0.05, 0) is 19.4 Å². The highest BCUT2D eigenvalue weighted by Crippen LogP contribution is 2.07. The summed E-state index contributed by atoms with van der Waals surface area (Å²) in [7, 11) is 0. The van der Waals surface area contributed by atoms with Gasteiger partial charge in [0.15, 0.2) is 6.23 Å². The molecule has 0 radical (unpaired) electrons. The number of hydrogen-bond acceptors (Lipinski definition) is 2. The van der Waals surface area contributed by atoms with Gasteiger partial charge in [0.25, 0.3) is 0 Å². The van der Waals surface area contributed by atoms with Crippen molar-refractivity contribution in [1.82, 2.24) is 0 Å². The van der Waals surface area contributed by atoms with Crippen molar-refractivity contribution in [2.24, 2.45) is 4.99 Å². The van der Waals surface area contributed by atoms with E-state index in [4.69, 9.17) is 4.74 Å². The van der Waals surface area contributed by atoms with Gasteiger partial charge >= 0.3 is 0 Å². The number of allylic oxidation sites excluding steroid dienone is 1. The van der Waals surface area contributed by atoms with Crippen LogP contribution in [0.2, 0.25) is 0 Å². The van der Waals surface area contributed by atoms with E-state index in [0.717, 1.165) is 12.3 Å². The fraction of sp³-hybridized carbons (Fsp3) is 0.571. The summed E-state index contributed by atoms with van der Waals surface area (Å²) in [6.45, 7) is 4.00. The van der Waals surface area contributed by atoms with E-state index >= 15 is 0 Å². The lowest BCUT2D eigenvalue weighted by molar-refractivity contribution is 0.166. The maximum Gasteiger partial charge on any atom is 0.213 e. The maximum atomic E-state index is 5.10. The lowest BCUT2D eigenvalue weighted by Gasteiger charge is -2.19. The summed E-state index contributed by atoms with van der Waals surface area (Å²) in [5.41, 5.74) is 0. The first-order chi connectivity index (χ1) is 4.33. The Bertz CT molecular complexity index is 149. The van der Waals surface area contributed by atoms with E-state index < -0.39 is 0 Å². The summed E-state index contributed by atoms with van der Waals surface area (Å²) in [6, 6.07) is 0. The van der Waals surface area contributed by atoms with Crippen molar-refractivity contribution in [1.29, 1.82) is 0 Å². The molecule has 0 saturated heterocycles. The highest BCUT2D eigenvalue weighted by molar-refractivity contribution is 5.90. The van der Waals surface area contributed by atoms with E-state index in [-0.39, 0.29) is 6.23 Å². The molecule has 0 spiro atoms. The summed E-state index contributed by atoms with van der Waals surface area (Å²) >= 11 is 0. The second-order valence-corrected chi connectivity index (χ2v) is 2.00. The Kier molecular flexibility index (Phi) is 1.88. The Morgan fingerprint density at radius 2 is 2.44 bits per heavy atom. The molecule has 1 aliphatic rings. The first-order valence-corrected chi connectivity index (χ1v) is 3.24. The van der Waals surface area contributed by atoms with Crippen molar-refractivity contribution < 1.29 is 4.74 Å². The molecule has 1 heterocycles. The van der Waals surface area contributed by atoms with Gasteiger partial charge in [0, 0.05) is 0 Å². The van der Waals surface area contributed by atoms with Crippen LogP contribution in [0.3, 0.4) is 0 Å². The van der Waals surface area contributed by atoms with Crippen molar-refractivity contribution in [3.8, 4) is 0 Å². The van der Waals surface area contributed by atoms with Crippen LogP contribution in [0.5, 0.6) is 0 Å². The molecule has 0 aliphatic carbocycles. The SMILES string of the molecule is CC/C=C/C1=NC(C)O1. The third kappa shape index (κ3) is 1.56. The summed E-state index contributed by atoms with van der Waals surface area (Å²) in [6.07, 6.45) is 5.06. The Hall–Kier alpha value is -0.790. The average molecular weight is 125 g/mol. The van der Waals surface area contributed by atoms with Crippen molar-refractivity contribution >= 4 is 5.90 Å². The second-order valence-electron chi connectivity index (χ2n) is 2.00. The molecule has 0 aromatic rings. The Morgan fingerprint density at radius 1 is 1.78 bits per heavy atom. The van der Waals surface area contributed by atoms with Crippen LogP contribution < -0.4 is 0 Å². The lowest BCUT2D eigenvalue weighted by atomic mass is 10.4. The normalized spacial score (nSPS) is 25.1. The highest BCUT2D eigenvalue weighted by Gasteiger charge is 2.12. The molecule has 0 bridgehead atoms. The Labute approximate surface area is 55.2 Å². The molecule has 0 aromatic carbocycles. The molecule has 0 fully saturated rings. The minimum atomic E-state index is 0.0847. The Morgan fingerprint density at radius 3 is 2.89 bits per heavy atom. The molecule has 1 unspecified atom stereocenters. The summed E-state index contributed by atoms with van der Waals surface area (Å²) in [5.74, 6) is 0.768. The number of aliphatic imine (C=N–C) groups is 1.